The molecule has 0 bridgehead atoms. The summed E-state index contributed by atoms with van der Waals surface area (Å²) < 4.78 is 27.8. The van der Waals surface area contributed by atoms with Gasteiger partial charge in [0, 0.05) is 25.4 Å². The van der Waals surface area contributed by atoms with Crippen molar-refractivity contribution in [1.82, 2.24) is 4.57 Å². The van der Waals surface area contributed by atoms with Crippen molar-refractivity contribution >= 4 is 22.5 Å². The minimum atomic E-state index is -0.962. The summed E-state index contributed by atoms with van der Waals surface area (Å²) in [5.74, 6) is 0.462. The van der Waals surface area contributed by atoms with Crippen LogP contribution in [0.4, 0.5) is 10.1 Å². The summed E-state index contributed by atoms with van der Waals surface area (Å²) in [4.78, 5) is 13.3. The predicted molar refractivity (Wildman–Crippen MR) is 130 cm³/mol. The maximum atomic E-state index is 15.2. The van der Waals surface area contributed by atoms with Gasteiger partial charge in [-0.1, -0.05) is 26.8 Å². The number of aliphatic hydroxyl groups is 2. The molecule has 1 aliphatic carbocycles. The van der Waals surface area contributed by atoms with Crippen LogP contribution in [-0.4, -0.2) is 40.2 Å². The molecule has 3 aromatic rings. The molecule has 2 heterocycles. The fourth-order valence-corrected chi connectivity index (χ4v) is 4.67. The van der Waals surface area contributed by atoms with Crippen LogP contribution in [0.25, 0.3) is 10.9 Å². The van der Waals surface area contributed by atoms with E-state index in [9.17, 15) is 15.0 Å². The quantitative estimate of drug-likeness (QED) is 0.497. The summed E-state index contributed by atoms with van der Waals surface area (Å²) in [6.07, 6.45) is 0.383. The second kappa shape index (κ2) is 7.99. The number of nitrogens with one attached hydrogen (secondary N) is 1. The fourth-order valence-electron chi connectivity index (χ4n) is 4.67. The molecule has 1 aliphatic heterocycles. The van der Waals surface area contributed by atoms with Crippen LogP contribution in [0.5, 0.6) is 11.5 Å². The zero-order valence-corrected chi connectivity index (χ0v) is 19.5. The minimum Gasteiger partial charge on any atom is -0.454 e. The number of hydrogen-bond donors (Lipinski definition) is 3. The maximum Gasteiger partial charge on any atom is 0.235 e. The SMILES string of the molecule is CC(C)(C)c1cc2cc(NC(=O)C3(c4ccc5c(c4)OCO5)CC3)c(F)cc2n1CC(O)CO.[HH].[HH]. The van der Waals surface area contributed by atoms with Crippen LogP contribution < -0.4 is 14.8 Å². The molecule has 34 heavy (non-hydrogen) atoms. The van der Waals surface area contributed by atoms with Gasteiger partial charge in [-0.25, -0.2) is 4.39 Å². The number of carbonyl (C=O) groups is 1. The highest BCUT2D eigenvalue weighted by molar-refractivity contribution is 6.02. The van der Waals surface area contributed by atoms with E-state index in [0.29, 0.717) is 29.9 Å². The molecule has 0 saturated heterocycles. The molecule has 8 heteroatoms. The number of ether oxygens (including phenoxy) is 2. The van der Waals surface area contributed by atoms with E-state index in [1.54, 1.807) is 12.1 Å². The number of hydrogen-bond acceptors (Lipinski definition) is 5. The number of carbonyl (C=O) groups excluding carboxylic acids is 1. The highest BCUT2D eigenvalue weighted by Crippen LogP contribution is 2.51. The van der Waals surface area contributed by atoms with E-state index in [0.717, 1.165) is 16.6 Å². The van der Waals surface area contributed by atoms with E-state index >= 15 is 4.39 Å². The molecule has 1 saturated carbocycles. The Morgan fingerprint density at radius 2 is 1.94 bits per heavy atom. The molecule has 2 aromatic carbocycles. The van der Waals surface area contributed by atoms with Crippen LogP contribution in [0, 0.1) is 5.82 Å². The van der Waals surface area contributed by atoms with E-state index in [1.165, 1.54) is 6.07 Å². The number of fused-ring (bicyclic) bond motifs is 2. The zero-order chi connectivity index (χ0) is 24.3. The Morgan fingerprint density at radius 1 is 1.21 bits per heavy atom. The topological polar surface area (TPSA) is 93.0 Å². The lowest BCUT2D eigenvalue weighted by atomic mass is 9.92. The number of benzene rings is 2. The lowest BCUT2D eigenvalue weighted by Crippen LogP contribution is -2.28. The third kappa shape index (κ3) is 3.80. The standard InChI is InChI=1S/C26H29FN2O5.2H2/c1-25(2,3)23-9-15-8-19(18(27)11-20(15)29(23)12-17(31)13-30)28-24(32)26(6-7-26)16-4-5-21-22(10-16)34-14-33-21;;/h4-5,8-11,17,30-31H,6-7,12-14H2,1-3H3,(H,28,32);2*1H. The van der Waals surface area contributed by atoms with Crippen molar-refractivity contribution in [2.75, 3.05) is 18.7 Å². The van der Waals surface area contributed by atoms with Gasteiger partial charge in [-0.15, -0.1) is 0 Å². The predicted octanol–water partition coefficient (Wildman–Crippen LogP) is 4.32. The molecule has 1 fully saturated rings. The summed E-state index contributed by atoms with van der Waals surface area (Å²) >= 11 is 0. The monoisotopic (exact) mass is 472 g/mol. The van der Waals surface area contributed by atoms with Crippen LogP contribution in [0.1, 0.15) is 47.7 Å². The first-order valence-corrected chi connectivity index (χ1v) is 11.5. The Labute approximate surface area is 200 Å². The number of aromatic nitrogens is 1. The van der Waals surface area contributed by atoms with Crippen molar-refractivity contribution in [3.05, 3.63) is 53.5 Å². The van der Waals surface area contributed by atoms with Gasteiger partial charge in [0.25, 0.3) is 0 Å². The summed E-state index contributed by atoms with van der Waals surface area (Å²) in [5.41, 5.74) is 1.46. The molecule has 184 valence electrons. The van der Waals surface area contributed by atoms with Crippen molar-refractivity contribution in [2.24, 2.45) is 0 Å². The van der Waals surface area contributed by atoms with Crippen molar-refractivity contribution in [3.8, 4) is 11.5 Å². The molecule has 1 unspecified atom stereocenters. The summed E-state index contributed by atoms with van der Waals surface area (Å²) in [6, 6.07) is 10.5. The highest BCUT2D eigenvalue weighted by Gasteiger charge is 2.52. The van der Waals surface area contributed by atoms with Crippen molar-refractivity contribution < 1.29 is 31.7 Å². The lowest BCUT2D eigenvalue weighted by Gasteiger charge is -2.23. The number of halogens is 1. The Balaban J connectivity index is 0.00000180. The molecule has 5 rings (SSSR count). The van der Waals surface area contributed by atoms with E-state index in [1.807, 2.05) is 43.5 Å². The summed E-state index contributed by atoms with van der Waals surface area (Å²) in [7, 11) is 0. The van der Waals surface area contributed by atoms with E-state index in [4.69, 9.17) is 9.47 Å². The second-order valence-corrected chi connectivity index (χ2v) is 10.2. The van der Waals surface area contributed by atoms with Crippen molar-refractivity contribution in [3.63, 3.8) is 0 Å². The first kappa shape index (κ1) is 22.7. The van der Waals surface area contributed by atoms with E-state index < -0.39 is 17.3 Å². The van der Waals surface area contributed by atoms with Gasteiger partial charge in [-0.05, 0) is 42.7 Å². The van der Waals surface area contributed by atoms with E-state index in [2.05, 4.69) is 5.32 Å². The number of nitrogens with zero attached hydrogens (tertiary/aromatic N) is 1. The molecule has 3 N–H and O–H groups in total. The molecular weight excluding hydrogens is 439 g/mol. The first-order chi connectivity index (χ1) is 16.1. The van der Waals surface area contributed by atoms with Crippen LogP contribution in [0.2, 0.25) is 0 Å². The number of aliphatic hydroxyl groups excluding tert-OH is 2. The van der Waals surface area contributed by atoms with Gasteiger partial charge in [0.05, 0.1) is 35.9 Å². The number of anilines is 1. The maximum absolute atomic E-state index is 15.2. The van der Waals surface area contributed by atoms with Crippen LogP contribution in [0.15, 0.2) is 36.4 Å². The molecule has 0 radical (unpaired) electrons. The van der Waals surface area contributed by atoms with Crippen molar-refractivity contribution in [1.29, 1.82) is 0 Å². The largest absolute Gasteiger partial charge is 0.454 e. The first-order valence-electron chi connectivity index (χ1n) is 11.5. The van der Waals surface area contributed by atoms with E-state index in [-0.39, 0.29) is 39.8 Å². The van der Waals surface area contributed by atoms with Gasteiger partial charge in [-0.2, -0.15) is 0 Å². The Kier molecular flexibility index (Phi) is 5.33. The molecule has 2 aliphatic rings. The second-order valence-electron chi connectivity index (χ2n) is 10.2. The molecule has 0 spiro atoms. The van der Waals surface area contributed by atoms with Gasteiger partial charge in [0.15, 0.2) is 11.5 Å². The molecule has 1 atom stereocenters. The fraction of sp³-hybridized carbons (Fsp3) is 0.423. The zero-order valence-electron chi connectivity index (χ0n) is 19.5. The molecular formula is C26H33FN2O5. The van der Waals surface area contributed by atoms with Crippen LogP contribution in [0.3, 0.4) is 0 Å². The average Bonchev–Trinajstić information content (AvgIpc) is 3.35. The molecule has 7 nitrogen and oxygen atoms in total. The third-order valence-corrected chi connectivity index (χ3v) is 6.72. The Hall–Kier alpha value is -3.10. The van der Waals surface area contributed by atoms with Crippen molar-refractivity contribution in [2.45, 2.75) is 57.1 Å². The highest BCUT2D eigenvalue weighted by atomic mass is 19.1. The molecule has 1 amide bonds. The van der Waals surface area contributed by atoms with Gasteiger partial charge in [0.2, 0.25) is 12.7 Å². The number of amides is 1. The van der Waals surface area contributed by atoms with Gasteiger partial charge < -0.3 is 29.6 Å². The van der Waals surface area contributed by atoms with Gasteiger partial charge in [-0.3, -0.25) is 4.79 Å². The Bertz CT molecular complexity index is 1280. The normalized spacial score (nSPS) is 17.1. The third-order valence-electron chi connectivity index (χ3n) is 6.72. The smallest absolute Gasteiger partial charge is 0.235 e. The van der Waals surface area contributed by atoms with Gasteiger partial charge in [0.1, 0.15) is 5.82 Å². The summed E-state index contributed by atoms with van der Waals surface area (Å²) in [5, 5.41) is 22.9. The van der Waals surface area contributed by atoms with Crippen LogP contribution in [-0.2, 0) is 22.2 Å². The Morgan fingerprint density at radius 3 is 2.62 bits per heavy atom. The lowest BCUT2D eigenvalue weighted by molar-refractivity contribution is -0.118. The molecule has 1 aromatic heterocycles. The minimum absolute atomic E-state index is 0. The van der Waals surface area contributed by atoms with Crippen LogP contribution >= 0.6 is 0 Å². The summed E-state index contributed by atoms with van der Waals surface area (Å²) in [6.45, 7) is 6.01. The number of rotatable bonds is 6. The van der Waals surface area contributed by atoms with Gasteiger partial charge >= 0.3 is 0 Å². The average molecular weight is 473 g/mol.